The van der Waals surface area contributed by atoms with E-state index in [1.54, 1.807) is 6.08 Å². The van der Waals surface area contributed by atoms with Crippen LogP contribution >= 0.6 is 0 Å². The van der Waals surface area contributed by atoms with E-state index in [1.165, 1.54) is 116 Å². The normalized spacial score (nSPS) is 13.2. The molecule has 6 heteroatoms. The van der Waals surface area contributed by atoms with Crippen LogP contribution < -0.4 is 5.32 Å². The van der Waals surface area contributed by atoms with Crippen molar-refractivity contribution in [3.05, 3.63) is 48.6 Å². The molecule has 320 valence electrons. The summed E-state index contributed by atoms with van der Waals surface area (Å²) in [6.07, 6.45) is 53.9. The molecule has 0 spiro atoms. The van der Waals surface area contributed by atoms with Crippen LogP contribution in [0.25, 0.3) is 0 Å². The highest BCUT2D eigenvalue weighted by atomic mass is 16.5. The molecule has 0 rings (SSSR count). The smallest absolute Gasteiger partial charge is 0.305 e. The van der Waals surface area contributed by atoms with E-state index < -0.39 is 12.1 Å². The number of aliphatic hydroxyl groups is 2. The van der Waals surface area contributed by atoms with Gasteiger partial charge in [0.1, 0.15) is 0 Å². The van der Waals surface area contributed by atoms with Gasteiger partial charge in [-0.15, -0.1) is 0 Å². The van der Waals surface area contributed by atoms with Crippen LogP contribution in [-0.2, 0) is 14.3 Å². The number of ether oxygens (including phenoxy) is 1. The van der Waals surface area contributed by atoms with E-state index in [0.29, 0.717) is 19.4 Å². The molecule has 6 nitrogen and oxygen atoms in total. The highest BCUT2D eigenvalue weighted by Gasteiger charge is 2.17. The lowest BCUT2D eigenvalue weighted by Gasteiger charge is -2.19. The van der Waals surface area contributed by atoms with Gasteiger partial charge in [-0.3, -0.25) is 9.59 Å². The monoisotopic (exact) mass is 772 g/mol. The number of aliphatic hydroxyl groups excluding tert-OH is 2. The molecule has 0 saturated heterocycles. The molecule has 0 aromatic rings. The molecule has 0 fully saturated rings. The maximum atomic E-state index is 12.4. The number of allylic oxidation sites excluding steroid dienone is 7. The zero-order valence-electron chi connectivity index (χ0n) is 36.1. The summed E-state index contributed by atoms with van der Waals surface area (Å²) in [7, 11) is 0. The number of hydrogen-bond donors (Lipinski definition) is 3. The minimum Gasteiger partial charge on any atom is -0.466 e. The van der Waals surface area contributed by atoms with Gasteiger partial charge < -0.3 is 20.3 Å². The molecule has 0 bridgehead atoms. The summed E-state index contributed by atoms with van der Waals surface area (Å²) in [6, 6.07) is -0.666. The minimum atomic E-state index is -0.876. The first-order chi connectivity index (χ1) is 27.0. The molecule has 2 atom stereocenters. The molecule has 0 saturated carbocycles. The summed E-state index contributed by atoms with van der Waals surface area (Å²) in [6.45, 7) is 4.75. The molecular formula is C49H89NO5. The Labute approximate surface area is 340 Å². The summed E-state index contributed by atoms with van der Waals surface area (Å²) in [5.74, 6) is -0.185. The van der Waals surface area contributed by atoms with Crippen LogP contribution in [0.5, 0.6) is 0 Å². The maximum Gasteiger partial charge on any atom is 0.305 e. The average molecular weight is 772 g/mol. The van der Waals surface area contributed by atoms with Crippen LogP contribution in [-0.4, -0.2) is 47.4 Å². The zero-order chi connectivity index (χ0) is 40.1. The summed E-state index contributed by atoms with van der Waals surface area (Å²) < 4.78 is 5.42. The Morgan fingerprint density at radius 1 is 0.509 bits per heavy atom. The largest absolute Gasteiger partial charge is 0.466 e. The topological polar surface area (TPSA) is 95.9 Å². The predicted molar refractivity (Wildman–Crippen MR) is 236 cm³/mol. The molecule has 0 aromatic heterocycles. The molecule has 55 heavy (non-hydrogen) atoms. The first-order valence-electron chi connectivity index (χ1n) is 23.4. The van der Waals surface area contributed by atoms with Crippen LogP contribution in [0.3, 0.4) is 0 Å². The summed E-state index contributed by atoms with van der Waals surface area (Å²) in [5.41, 5.74) is 0. The second-order valence-corrected chi connectivity index (χ2v) is 15.7. The van der Waals surface area contributed by atoms with E-state index in [4.69, 9.17) is 4.74 Å². The molecule has 0 radical (unpaired) electrons. The van der Waals surface area contributed by atoms with Crippen molar-refractivity contribution in [2.75, 3.05) is 13.2 Å². The van der Waals surface area contributed by atoms with Crippen molar-refractivity contribution in [2.24, 2.45) is 0 Å². The maximum absolute atomic E-state index is 12.4. The third kappa shape index (κ3) is 41.3. The molecule has 3 N–H and O–H groups in total. The molecule has 0 aliphatic rings. The molecule has 0 aliphatic heterocycles. The number of nitrogens with one attached hydrogen (secondary N) is 1. The van der Waals surface area contributed by atoms with E-state index >= 15 is 0 Å². The van der Waals surface area contributed by atoms with E-state index in [9.17, 15) is 19.8 Å². The number of unbranched alkanes of at least 4 members (excludes halogenated alkanes) is 25. The highest BCUT2D eigenvalue weighted by Crippen LogP contribution is 2.14. The van der Waals surface area contributed by atoms with Crippen molar-refractivity contribution in [1.29, 1.82) is 0 Å². The van der Waals surface area contributed by atoms with Crippen LogP contribution in [0.15, 0.2) is 48.6 Å². The van der Waals surface area contributed by atoms with Crippen molar-refractivity contribution >= 4 is 11.9 Å². The van der Waals surface area contributed by atoms with Crippen LogP contribution in [0.1, 0.15) is 226 Å². The number of esters is 1. The fraction of sp³-hybridized carbons (Fsp3) is 0.796. The highest BCUT2D eigenvalue weighted by molar-refractivity contribution is 5.76. The Bertz CT molecular complexity index is 942. The standard InChI is InChI=1S/C49H89NO5/c1-3-5-7-9-11-13-15-17-19-21-23-27-31-35-39-43-49(54)55-44-40-36-32-28-24-26-30-34-38-42-48(53)50-46(45-51)47(52)41-37-33-29-25-22-20-18-16-14-12-10-8-6-4-2/h11,13,17,19,26,30,37,41,46-47,51-52H,3-10,12,14-16,18,20-25,27-29,31-36,38-40,42-45H2,1-2H3,(H,50,53)/b13-11-,19-17-,30-26-,41-37+. The lowest BCUT2D eigenvalue weighted by molar-refractivity contribution is -0.143. The lowest BCUT2D eigenvalue weighted by Crippen LogP contribution is -2.45. The number of rotatable bonds is 42. The quantitative estimate of drug-likeness (QED) is 0.0326. The fourth-order valence-electron chi connectivity index (χ4n) is 6.66. The van der Waals surface area contributed by atoms with Crippen LogP contribution in [0, 0.1) is 0 Å². The van der Waals surface area contributed by atoms with E-state index in [-0.39, 0.29) is 18.5 Å². The van der Waals surface area contributed by atoms with Crippen molar-refractivity contribution in [3.63, 3.8) is 0 Å². The first-order valence-corrected chi connectivity index (χ1v) is 23.4. The second kappa shape index (κ2) is 44.5. The minimum absolute atomic E-state index is 0.0533. The van der Waals surface area contributed by atoms with Gasteiger partial charge in [-0.25, -0.2) is 0 Å². The van der Waals surface area contributed by atoms with Crippen molar-refractivity contribution in [1.82, 2.24) is 5.32 Å². The summed E-state index contributed by atoms with van der Waals surface area (Å²) in [4.78, 5) is 24.4. The Hall–Kier alpha value is -2.18. The second-order valence-electron chi connectivity index (χ2n) is 15.7. The van der Waals surface area contributed by atoms with Crippen molar-refractivity contribution < 1.29 is 24.5 Å². The molecule has 0 aromatic carbocycles. The zero-order valence-corrected chi connectivity index (χ0v) is 36.1. The van der Waals surface area contributed by atoms with Gasteiger partial charge in [0.05, 0.1) is 25.4 Å². The number of carbonyl (C=O) groups excluding carboxylic acids is 2. The van der Waals surface area contributed by atoms with Crippen LogP contribution in [0.2, 0.25) is 0 Å². The Morgan fingerprint density at radius 2 is 0.927 bits per heavy atom. The van der Waals surface area contributed by atoms with Crippen molar-refractivity contribution in [3.8, 4) is 0 Å². The van der Waals surface area contributed by atoms with Crippen molar-refractivity contribution in [2.45, 2.75) is 238 Å². The summed E-state index contributed by atoms with van der Waals surface area (Å²) >= 11 is 0. The van der Waals surface area contributed by atoms with Crippen LogP contribution in [0.4, 0.5) is 0 Å². The number of amides is 1. The summed E-state index contributed by atoms with van der Waals surface area (Å²) in [5, 5.41) is 22.9. The average Bonchev–Trinajstić information content (AvgIpc) is 3.18. The Morgan fingerprint density at radius 3 is 1.47 bits per heavy atom. The molecular weight excluding hydrogens is 683 g/mol. The van der Waals surface area contributed by atoms with Gasteiger partial charge in [0.15, 0.2) is 0 Å². The van der Waals surface area contributed by atoms with Gasteiger partial charge >= 0.3 is 5.97 Å². The van der Waals surface area contributed by atoms with Gasteiger partial charge in [0.25, 0.3) is 0 Å². The van der Waals surface area contributed by atoms with Gasteiger partial charge in [0, 0.05) is 12.8 Å². The fourth-order valence-corrected chi connectivity index (χ4v) is 6.66. The molecule has 0 heterocycles. The van der Waals surface area contributed by atoms with Gasteiger partial charge in [0.2, 0.25) is 5.91 Å². The van der Waals surface area contributed by atoms with Gasteiger partial charge in [-0.2, -0.15) is 0 Å². The molecule has 0 aliphatic carbocycles. The number of carbonyl (C=O) groups is 2. The molecule has 1 amide bonds. The van der Waals surface area contributed by atoms with E-state index in [2.05, 4.69) is 55.6 Å². The Kier molecular flexibility index (Phi) is 42.8. The lowest BCUT2D eigenvalue weighted by atomic mass is 10.0. The van der Waals surface area contributed by atoms with E-state index in [1.807, 2.05) is 6.08 Å². The third-order valence-electron chi connectivity index (χ3n) is 10.3. The Balaban J connectivity index is 3.62. The number of hydrogen-bond acceptors (Lipinski definition) is 5. The van der Waals surface area contributed by atoms with Gasteiger partial charge in [-0.05, 0) is 83.5 Å². The van der Waals surface area contributed by atoms with Gasteiger partial charge in [-0.1, -0.05) is 178 Å². The third-order valence-corrected chi connectivity index (χ3v) is 10.3. The molecule has 2 unspecified atom stereocenters. The predicted octanol–water partition coefficient (Wildman–Crippen LogP) is 13.5. The SMILES string of the molecule is CCCCC/C=C\C/C=C\CCCCCCCC(=O)OCCCCCC/C=C\CCCC(=O)NC(CO)C(O)/C=C/CCCCCCCCCCCCCC. The first kappa shape index (κ1) is 52.8. The van der Waals surface area contributed by atoms with E-state index in [0.717, 1.165) is 83.5 Å².